The van der Waals surface area contributed by atoms with Crippen LogP contribution in [0.1, 0.15) is 0 Å². The molecule has 0 aliphatic rings. The first kappa shape index (κ1) is 11.4. The standard InChI is InChI=1S/C6H4F.2HI.Mg/c7-6-4-2-1-3-5-6;;;/h1-4H;2*1H;/q;;;+2/p-2. The smallest absolute Gasteiger partial charge is 0.276 e. The third-order valence-electron chi connectivity index (χ3n) is 0.671. The lowest BCUT2D eigenvalue weighted by Crippen LogP contribution is -1.65. The Morgan fingerprint density at radius 1 is 1.40 bits per heavy atom. The third kappa shape index (κ3) is 7.48. The Bertz CT molecular complexity index is 157. The highest BCUT2D eigenvalue weighted by Gasteiger charge is 1.78. The summed E-state index contributed by atoms with van der Waals surface area (Å²) >= 11 is 5.18. The number of hydrogen-bond acceptors (Lipinski definition) is 0. The average Bonchev–Trinajstić information content (AvgIpc) is 1.91. The molecule has 1 aromatic carbocycles. The van der Waals surface area contributed by atoms with Crippen molar-refractivity contribution < 1.29 is 4.39 Å². The van der Waals surface area contributed by atoms with Gasteiger partial charge in [0.05, 0.1) is 0 Å². The summed E-state index contributed by atoms with van der Waals surface area (Å²) in [5.41, 5.74) is 0. The summed E-state index contributed by atoms with van der Waals surface area (Å²) in [5, 5.41) is 0. The average molecular weight is 373 g/mol. The summed E-state index contributed by atoms with van der Waals surface area (Å²) in [6.07, 6.45) is 0. The molecule has 0 spiro atoms. The first-order chi connectivity index (χ1) is 4.81. The third-order valence-corrected chi connectivity index (χ3v) is 0.671. The minimum atomic E-state index is -0.303. The normalized spacial score (nSPS) is 7.10. The van der Waals surface area contributed by atoms with Crippen molar-refractivity contribution in [1.82, 2.24) is 0 Å². The molecule has 1 rings (SSSR count). The Labute approximate surface area is 89.4 Å². The topological polar surface area (TPSA) is 0 Å². The predicted octanol–water partition coefficient (Wildman–Crippen LogP) is 3.02. The molecular weight excluding hydrogens is 369 g/mol. The van der Waals surface area contributed by atoms with Crippen LogP contribution in [-0.2, 0) is 0 Å². The van der Waals surface area contributed by atoms with Crippen molar-refractivity contribution in [2.24, 2.45) is 0 Å². The molecule has 0 saturated heterocycles. The molecule has 0 fully saturated rings. The summed E-state index contributed by atoms with van der Waals surface area (Å²) in [5.74, 6) is -0.303. The van der Waals surface area contributed by atoms with E-state index in [-0.39, 0.29) is 5.82 Å². The zero-order valence-corrected chi connectivity index (χ0v) is 10.9. The van der Waals surface area contributed by atoms with Crippen molar-refractivity contribution in [3.63, 3.8) is 0 Å². The van der Waals surface area contributed by atoms with Gasteiger partial charge in [0.15, 0.2) is 0 Å². The van der Waals surface area contributed by atoms with Crippen LogP contribution in [0.2, 0.25) is 0 Å². The highest BCUT2D eigenvalue weighted by molar-refractivity contribution is 14.3. The van der Waals surface area contributed by atoms with Crippen molar-refractivity contribution in [3.8, 4) is 0 Å². The van der Waals surface area contributed by atoms with Gasteiger partial charge in [-0.05, 0) is 6.07 Å². The zero-order valence-electron chi connectivity index (χ0n) is 5.15. The van der Waals surface area contributed by atoms with Crippen LogP contribution in [0.15, 0.2) is 24.3 Å². The van der Waals surface area contributed by atoms with E-state index in [1.165, 1.54) is 12.1 Å². The van der Waals surface area contributed by atoms with Gasteiger partial charge in [-0.15, -0.1) is 0 Å². The molecule has 0 aromatic heterocycles. The molecule has 0 nitrogen and oxygen atoms in total. The summed E-state index contributed by atoms with van der Waals surface area (Å²) in [6.45, 7) is 0. The molecule has 0 heterocycles. The van der Waals surface area contributed by atoms with Crippen LogP contribution < -0.4 is 0 Å². The maximum atomic E-state index is 11.9. The van der Waals surface area contributed by atoms with Gasteiger partial charge in [0, 0.05) is 6.07 Å². The van der Waals surface area contributed by atoms with E-state index in [9.17, 15) is 4.39 Å². The van der Waals surface area contributed by atoms with Crippen LogP contribution in [0.5, 0.6) is 0 Å². The lowest BCUT2D eigenvalue weighted by Gasteiger charge is -1.77. The molecular formula is C6H4FI2Mg. The maximum absolute atomic E-state index is 11.9. The Morgan fingerprint density at radius 2 is 2.00 bits per heavy atom. The number of benzene rings is 1. The van der Waals surface area contributed by atoms with Gasteiger partial charge in [-0.1, -0.05) is 18.2 Å². The number of hydrogen-bond donors (Lipinski definition) is 0. The molecule has 0 atom stereocenters. The van der Waals surface area contributed by atoms with Crippen molar-refractivity contribution in [2.75, 3.05) is 0 Å². The van der Waals surface area contributed by atoms with E-state index in [4.69, 9.17) is 0 Å². The van der Waals surface area contributed by atoms with E-state index < -0.39 is 0 Å². The van der Waals surface area contributed by atoms with E-state index in [0.29, 0.717) is 12.6 Å². The second-order valence-electron chi connectivity index (χ2n) is 1.31. The fourth-order valence-corrected chi connectivity index (χ4v) is 0.371. The van der Waals surface area contributed by atoms with Gasteiger partial charge in [0.2, 0.25) is 0 Å². The largest absolute Gasteiger partial charge is 0.552 e. The van der Waals surface area contributed by atoms with E-state index in [1.54, 1.807) is 12.1 Å². The molecule has 0 N–H and O–H groups in total. The molecule has 1 radical (unpaired) electrons. The molecule has 0 saturated carbocycles. The second kappa shape index (κ2) is 8.47. The van der Waals surface area contributed by atoms with Crippen LogP contribution >= 0.6 is 37.7 Å². The van der Waals surface area contributed by atoms with Crippen molar-refractivity contribution in [1.29, 1.82) is 0 Å². The minimum absolute atomic E-state index is 0.303. The molecule has 0 aliphatic carbocycles. The molecule has 1 aromatic rings. The minimum Gasteiger partial charge on any atom is -0.276 e. The second-order valence-corrected chi connectivity index (χ2v) is 14.8. The van der Waals surface area contributed by atoms with Crippen LogP contribution in [0.4, 0.5) is 4.39 Å². The summed E-state index contributed by atoms with van der Waals surface area (Å²) in [4.78, 5) is 0. The van der Waals surface area contributed by atoms with Crippen LogP contribution in [0.25, 0.3) is 0 Å². The van der Waals surface area contributed by atoms with E-state index in [2.05, 4.69) is 43.8 Å². The molecule has 0 aliphatic heterocycles. The number of halogens is 3. The highest BCUT2D eigenvalue weighted by atomic mass is 127. The lowest BCUT2D eigenvalue weighted by molar-refractivity contribution is 0.625. The molecule has 0 amide bonds. The quantitative estimate of drug-likeness (QED) is 0.485. The fraction of sp³-hybridized carbons (Fsp3) is 0. The summed E-state index contributed by atoms with van der Waals surface area (Å²) < 4.78 is 11.9. The Morgan fingerprint density at radius 3 is 2.20 bits per heavy atom. The van der Waals surface area contributed by atoms with E-state index in [1.807, 2.05) is 0 Å². The van der Waals surface area contributed by atoms with Gasteiger partial charge in [-0.25, -0.2) is 4.39 Å². The van der Waals surface area contributed by atoms with E-state index in [0.717, 1.165) is 0 Å². The van der Waals surface area contributed by atoms with Crippen molar-refractivity contribution in [3.05, 3.63) is 36.1 Å². The van der Waals surface area contributed by atoms with Gasteiger partial charge < -0.3 is 0 Å². The fourth-order valence-electron chi connectivity index (χ4n) is 0.371. The molecule has 0 unspecified atom stereocenters. The number of rotatable bonds is 0. The zero-order chi connectivity index (χ0) is 7.82. The summed E-state index contributed by atoms with van der Waals surface area (Å²) in [7, 11) is 0. The summed E-state index contributed by atoms with van der Waals surface area (Å²) in [6, 6.07) is 8.62. The van der Waals surface area contributed by atoms with E-state index >= 15 is 0 Å². The predicted molar refractivity (Wildman–Crippen MR) is 59.0 cm³/mol. The Balaban J connectivity index is 0.000000236. The van der Waals surface area contributed by atoms with Gasteiger partial charge in [-0.2, -0.15) is 0 Å². The van der Waals surface area contributed by atoms with Gasteiger partial charge in [-0.3, -0.25) is 37.7 Å². The van der Waals surface area contributed by atoms with Crippen LogP contribution in [0, 0.1) is 11.9 Å². The monoisotopic (exact) mass is 373 g/mol. The van der Waals surface area contributed by atoms with Crippen molar-refractivity contribution >= 4 is 50.3 Å². The molecule has 0 bridgehead atoms. The van der Waals surface area contributed by atoms with Gasteiger partial charge in [0.25, 0.3) is 0 Å². The Kier molecular flexibility index (Phi) is 9.64. The molecule has 10 heavy (non-hydrogen) atoms. The Hall–Kier alpha value is 1.38. The van der Waals surface area contributed by atoms with Crippen LogP contribution in [-0.4, -0.2) is 12.6 Å². The SMILES string of the molecule is Fc1[c]cccc1.[I][Mg][I]. The molecule has 51 valence electrons. The van der Waals surface area contributed by atoms with Crippen LogP contribution in [0.3, 0.4) is 0 Å². The maximum Gasteiger partial charge on any atom is 0.552 e. The van der Waals surface area contributed by atoms with Gasteiger partial charge >= 0.3 is 12.6 Å². The lowest BCUT2D eigenvalue weighted by atomic mass is 10.4. The molecule has 4 heteroatoms. The highest BCUT2D eigenvalue weighted by Crippen LogP contribution is 1.90. The van der Waals surface area contributed by atoms with Crippen molar-refractivity contribution in [2.45, 2.75) is 0 Å². The first-order valence-electron chi connectivity index (χ1n) is 2.55. The first-order valence-corrected chi connectivity index (χ1v) is 12.8. The van der Waals surface area contributed by atoms with Gasteiger partial charge in [0.1, 0.15) is 5.82 Å².